The van der Waals surface area contributed by atoms with Crippen LogP contribution in [0.25, 0.3) is 11.0 Å². The van der Waals surface area contributed by atoms with E-state index in [-0.39, 0.29) is 29.6 Å². The van der Waals surface area contributed by atoms with Crippen molar-refractivity contribution in [3.63, 3.8) is 0 Å². The molecule has 2 aromatic carbocycles. The highest BCUT2D eigenvalue weighted by atomic mass is 35.5. The first-order valence-electron chi connectivity index (χ1n) is 11.0. The van der Waals surface area contributed by atoms with Crippen molar-refractivity contribution in [2.45, 2.75) is 39.7 Å². The number of ether oxygens (including phenoxy) is 3. The molecule has 184 valence electrons. The fraction of sp³-hybridized carbons (Fsp3) is 0.320. The number of benzene rings is 2. The largest absolute Gasteiger partial charge is 0.480 e. The third-order valence-corrected chi connectivity index (χ3v) is 5.62. The van der Waals surface area contributed by atoms with Crippen LogP contribution in [0.15, 0.2) is 54.6 Å². The first kappa shape index (κ1) is 24.8. The molecule has 0 aliphatic rings. The third-order valence-electron chi connectivity index (χ3n) is 5.45. The van der Waals surface area contributed by atoms with Gasteiger partial charge >= 0.3 is 6.61 Å². The molecule has 2 heterocycles. The number of halogens is 3. The maximum absolute atomic E-state index is 12.6. The quantitative estimate of drug-likeness (QED) is 0.246. The molecular weight excluding hydrogens is 478 g/mol. The predicted molar refractivity (Wildman–Crippen MR) is 128 cm³/mol. The van der Waals surface area contributed by atoms with Gasteiger partial charge in [0.05, 0.1) is 26.4 Å². The highest BCUT2D eigenvalue weighted by molar-refractivity contribution is 6.28. The molecule has 0 radical (unpaired) electrons. The van der Waals surface area contributed by atoms with E-state index in [2.05, 4.69) is 14.7 Å². The normalized spacial score (nSPS) is 12.5. The molecule has 0 N–H and O–H groups in total. The van der Waals surface area contributed by atoms with Crippen LogP contribution in [-0.4, -0.2) is 33.5 Å². The molecule has 0 bridgehead atoms. The van der Waals surface area contributed by atoms with E-state index in [9.17, 15) is 8.78 Å². The number of hydrogen-bond acceptors (Lipinski definition) is 6. The van der Waals surface area contributed by atoms with Crippen molar-refractivity contribution < 1.29 is 23.0 Å². The van der Waals surface area contributed by atoms with Gasteiger partial charge in [0.15, 0.2) is 5.65 Å². The molecular formula is C25H25ClF2N4O3. The lowest BCUT2D eigenvalue weighted by Gasteiger charge is -2.23. The van der Waals surface area contributed by atoms with Gasteiger partial charge in [-0.15, -0.1) is 0 Å². The van der Waals surface area contributed by atoms with E-state index in [1.165, 1.54) is 19.2 Å². The fourth-order valence-electron chi connectivity index (χ4n) is 3.99. The van der Waals surface area contributed by atoms with Gasteiger partial charge in [0, 0.05) is 0 Å². The second-order valence-corrected chi connectivity index (χ2v) is 8.54. The van der Waals surface area contributed by atoms with Crippen molar-refractivity contribution in [1.82, 2.24) is 19.7 Å². The summed E-state index contributed by atoms with van der Waals surface area (Å²) in [5.41, 5.74) is 2.98. The molecule has 1 unspecified atom stereocenters. The van der Waals surface area contributed by atoms with E-state index in [1.54, 1.807) is 16.8 Å². The van der Waals surface area contributed by atoms with Crippen LogP contribution < -0.4 is 9.47 Å². The van der Waals surface area contributed by atoms with Crippen LogP contribution in [-0.2, 0) is 18.0 Å². The van der Waals surface area contributed by atoms with E-state index in [0.29, 0.717) is 29.2 Å². The molecule has 2 aromatic heterocycles. The van der Waals surface area contributed by atoms with Gasteiger partial charge in [0.25, 0.3) is 0 Å². The Kier molecular flexibility index (Phi) is 7.77. The Bertz CT molecular complexity index is 1270. The van der Waals surface area contributed by atoms with Gasteiger partial charge in [0.1, 0.15) is 16.8 Å². The van der Waals surface area contributed by atoms with Crippen LogP contribution in [0.3, 0.4) is 0 Å². The van der Waals surface area contributed by atoms with E-state index in [4.69, 9.17) is 26.2 Å². The van der Waals surface area contributed by atoms with Crippen LogP contribution in [0.1, 0.15) is 36.7 Å². The maximum Gasteiger partial charge on any atom is 0.387 e. The molecule has 0 spiro atoms. The summed E-state index contributed by atoms with van der Waals surface area (Å²) in [5, 5.41) is 5.47. The molecule has 4 aromatic rings. The second kappa shape index (κ2) is 11.0. The lowest BCUT2D eigenvalue weighted by atomic mass is 9.96. The van der Waals surface area contributed by atoms with E-state index >= 15 is 0 Å². The van der Waals surface area contributed by atoms with E-state index < -0.39 is 6.61 Å². The number of nitrogens with zero attached hydrogens (tertiary/aromatic N) is 4. The number of alkyl halides is 2. The van der Waals surface area contributed by atoms with Crippen molar-refractivity contribution >= 4 is 22.6 Å². The Balaban J connectivity index is 1.74. The molecule has 35 heavy (non-hydrogen) atoms. The number of fused-ring (bicyclic) bond motifs is 1. The number of hydrogen-bond donors (Lipinski definition) is 0. The Morgan fingerprint density at radius 3 is 2.31 bits per heavy atom. The Morgan fingerprint density at radius 2 is 1.69 bits per heavy atom. The van der Waals surface area contributed by atoms with Gasteiger partial charge < -0.3 is 14.2 Å². The van der Waals surface area contributed by atoms with Gasteiger partial charge in [-0.2, -0.15) is 23.8 Å². The van der Waals surface area contributed by atoms with Gasteiger partial charge in [-0.05, 0) is 40.8 Å². The zero-order valence-corrected chi connectivity index (χ0v) is 20.2. The summed E-state index contributed by atoms with van der Waals surface area (Å²) >= 11 is 6.21. The Hall–Kier alpha value is -3.30. The standard InChI is InChI=1S/C25H25ClF2N4O3/c1-15(2)21(17-9-11-18(12-10-17)35-25(27)28)32-22-20(23(33-3)30-24(26)29-22)19(31-32)14-34-13-16-7-5-4-6-8-16/h4-12,15,21,25H,13-14H2,1-3H3. The topological polar surface area (TPSA) is 71.3 Å². The number of methoxy groups -OCH3 is 1. The maximum atomic E-state index is 12.6. The highest BCUT2D eigenvalue weighted by Crippen LogP contribution is 2.35. The summed E-state index contributed by atoms with van der Waals surface area (Å²) in [4.78, 5) is 8.66. The SMILES string of the molecule is COc1nc(Cl)nc2c1c(COCc1ccccc1)nn2C(c1ccc(OC(F)F)cc1)C(C)C. The van der Waals surface area contributed by atoms with Crippen molar-refractivity contribution in [2.75, 3.05) is 7.11 Å². The van der Waals surface area contributed by atoms with E-state index in [1.807, 2.05) is 44.2 Å². The lowest BCUT2D eigenvalue weighted by Crippen LogP contribution is -2.19. The molecule has 0 saturated heterocycles. The summed E-state index contributed by atoms with van der Waals surface area (Å²) in [5.74, 6) is 0.448. The van der Waals surface area contributed by atoms with Crippen LogP contribution in [0.5, 0.6) is 11.6 Å². The van der Waals surface area contributed by atoms with E-state index in [0.717, 1.165) is 11.1 Å². The minimum Gasteiger partial charge on any atom is -0.480 e. The monoisotopic (exact) mass is 502 g/mol. The number of aromatic nitrogens is 4. The van der Waals surface area contributed by atoms with Crippen molar-refractivity contribution in [3.8, 4) is 11.6 Å². The second-order valence-electron chi connectivity index (χ2n) is 8.21. The fourth-order valence-corrected chi connectivity index (χ4v) is 4.14. The van der Waals surface area contributed by atoms with Gasteiger partial charge in [0.2, 0.25) is 11.2 Å². The predicted octanol–water partition coefficient (Wildman–Crippen LogP) is 6.05. The zero-order chi connectivity index (χ0) is 24.9. The Labute approximate surface area is 206 Å². The first-order chi connectivity index (χ1) is 16.9. The van der Waals surface area contributed by atoms with Crippen molar-refractivity contribution in [1.29, 1.82) is 0 Å². The molecule has 10 heteroatoms. The van der Waals surface area contributed by atoms with Gasteiger partial charge in [-0.1, -0.05) is 56.3 Å². The Morgan fingerprint density at radius 1 is 0.971 bits per heavy atom. The van der Waals surface area contributed by atoms with Crippen LogP contribution in [0, 0.1) is 5.92 Å². The minimum absolute atomic E-state index is 0.0236. The zero-order valence-electron chi connectivity index (χ0n) is 19.5. The molecule has 0 amide bonds. The smallest absolute Gasteiger partial charge is 0.387 e. The molecule has 1 atom stereocenters. The summed E-state index contributed by atoms with van der Waals surface area (Å²) in [6.07, 6.45) is 0. The van der Waals surface area contributed by atoms with Crippen LogP contribution in [0.4, 0.5) is 8.78 Å². The number of rotatable bonds is 10. The minimum atomic E-state index is -2.89. The van der Waals surface area contributed by atoms with Crippen molar-refractivity contribution in [2.24, 2.45) is 5.92 Å². The average molecular weight is 503 g/mol. The summed E-state index contributed by atoms with van der Waals surface area (Å²) in [6, 6.07) is 16.0. The first-order valence-corrected chi connectivity index (χ1v) is 11.4. The summed E-state index contributed by atoms with van der Waals surface area (Å²) in [6.45, 7) is 1.79. The third kappa shape index (κ3) is 5.68. The van der Waals surface area contributed by atoms with Gasteiger partial charge in [-0.25, -0.2) is 4.68 Å². The molecule has 0 saturated carbocycles. The molecule has 7 nitrogen and oxygen atoms in total. The summed E-state index contributed by atoms with van der Waals surface area (Å²) < 4.78 is 42.9. The van der Waals surface area contributed by atoms with Crippen molar-refractivity contribution in [3.05, 3.63) is 76.7 Å². The lowest BCUT2D eigenvalue weighted by molar-refractivity contribution is -0.0498. The molecule has 0 fully saturated rings. The van der Waals surface area contributed by atoms with Gasteiger partial charge in [-0.3, -0.25) is 0 Å². The average Bonchev–Trinajstić information content (AvgIpc) is 3.17. The van der Waals surface area contributed by atoms with Crippen LogP contribution >= 0.6 is 11.6 Å². The molecule has 0 aliphatic heterocycles. The molecule has 0 aliphatic carbocycles. The highest BCUT2D eigenvalue weighted by Gasteiger charge is 2.27. The van der Waals surface area contributed by atoms with Crippen LogP contribution in [0.2, 0.25) is 5.28 Å². The molecule has 4 rings (SSSR count). The summed E-state index contributed by atoms with van der Waals surface area (Å²) in [7, 11) is 1.51.